The Morgan fingerprint density at radius 1 is 1.29 bits per heavy atom. The third-order valence-electron chi connectivity index (χ3n) is 4.78. The second-order valence-corrected chi connectivity index (χ2v) is 6.06. The maximum absolute atomic E-state index is 6.15. The van der Waals surface area contributed by atoms with Crippen LogP contribution in [-0.4, -0.2) is 29.6 Å². The zero-order valence-corrected chi connectivity index (χ0v) is 12.3. The van der Waals surface area contributed by atoms with E-state index in [4.69, 9.17) is 5.73 Å². The van der Waals surface area contributed by atoms with Crippen molar-refractivity contribution in [3.63, 3.8) is 0 Å². The topological polar surface area (TPSA) is 29.3 Å². The Kier molecular flexibility index (Phi) is 5.94. The molecule has 1 aliphatic rings. The fourth-order valence-corrected chi connectivity index (χ4v) is 3.50. The second kappa shape index (κ2) is 6.75. The van der Waals surface area contributed by atoms with Crippen molar-refractivity contribution in [3.05, 3.63) is 0 Å². The fourth-order valence-electron chi connectivity index (χ4n) is 3.50. The lowest BCUT2D eigenvalue weighted by Gasteiger charge is -2.50. The van der Waals surface area contributed by atoms with Gasteiger partial charge >= 0.3 is 0 Å². The highest BCUT2D eigenvalue weighted by Crippen LogP contribution is 2.33. The van der Waals surface area contributed by atoms with Gasteiger partial charge in [0, 0.05) is 18.1 Å². The monoisotopic (exact) mass is 240 g/mol. The summed E-state index contributed by atoms with van der Waals surface area (Å²) in [7, 11) is 0. The molecule has 1 rings (SSSR count). The summed E-state index contributed by atoms with van der Waals surface area (Å²) in [6, 6.07) is 0.708. The largest absolute Gasteiger partial charge is 0.329 e. The molecule has 17 heavy (non-hydrogen) atoms. The van der Waals surface area contributed by atoms with Crippen molar-refractivity contribution in [2.45, 2.75) is 77.8 Å². The normalized spacial score (nSPS) is 30.2. The molecule has 102 valence electrons. The Morgan fingerprint density at radius 2 is 2.00 bits per heavy atom. The number of unbranched alkanes of at least 4 members (excludes halogenated alkanes) is 1. The summed E-state index contributed by atoms with van der Waals surface area (Å²) in [5.41, 5.74) is 6.42. The van der Waals surface area contributed by atoms with E-state index in [2.05, 4.69) is 32.6 Å². The maximum atomic E-state index is 6.15. The minimum atomic E-state index is 0.273. The quantitative estimate of drug-likeness (QED) is 0.771. The van der Waals surface area contributed by atoms with E-state index in [0.717, 1.165) is 12.5 Å². The summed E-state index contributed by atoms with van der Waals surface area (Å²) in [6.45, 7) is 11.4. The van der Waals surface area contributed by atoms with Crippen molar-refractivity contribution in [2.24, 2.45) is 11.7 Å². The van der Waals surface area contributed by atoms with Gasteiger partial charge in [0.15, 0.2) is 0 Å². The van der Waals surface area contributed by atoms with Gasteiger partial charge in [-0.15, -0.1) is 0 Å². The van der Waals surface area contributed by atoms with E-state index < -0.39 is 0 Å². The Morgan fingerprint density at radius 3 is 2.47 bits per heavy atom. The van der Waals surface area contributed by atoms with Gasteiger partial charge in [-0.2, -0.15) is 0 Å². The van der Waals surface area contributed by atoms with Crippen molar-refractivity contribution in [1.29, 1.82) is 0 Å². The molecule has 0 amide bonds. The summed E-state index contributed by atoms with van der Waals surface area (Å²) < 4.78 is 0. The highest BCUT2D eigenvalue weighted by Gasteiger charge is 2.38. The number of rotatable bonds is 6. The molecule has 0 aromatic carbocycles. The first-order valence-electron chi connectivity index (χ1n) is 7.56. The van der Waals surface area contributed by atoms with Crippen molar-refractivity contribution < 1.29 is 0 Å². The molecule has 0 bridgehead atoms. The molecule has 3 atom stereocenters. The van der Waals surface area contributed by atoms with E-state index in [1.165, 1.54) is 45.1 Å². The van der Waals surface area contributed by atoms with Gasteiger partial charge in [-0.1, -0.05) is 33.6 Å². The predicted octanol–water partition coefficient (Wildman–Crippen LogP) is 3.40. The van der Waals surface area contributed by atoms with E-state index in [1.54, 1.807) is 0 Å². The molecule has 0 radical (unpaired) electrons. The van der Waals surface area contributed by atoms with Gasteiger partial charge in [0.05, 0.1) is 0 Å². The number of likely N-dealkylation sites (tertiary alicyclic amines) is 1. The molecule has 1 fully saturated rings. The average Bonchev–Trinajstić information content (AvgIpc) is 2.32. The first kappa shape index (κ1) is 15.0. The van der Waals surface area contributed by atoms with Crippen LogP contribution in [0.5, 0.6) is 0 Å². The molecule has 2 heteroatoms. The Labute approximate surface area is 108 Å². The lowest BCUT2D eigenvalue weighted by Crippen LogP contribution is -2.59. The molecule has 0 spiro atoms. The van der Waals surface area contributed by atoms with E-state index >= 15 is 0 Å². The van der Waals surface area contributed by atoms with E-state index in [0.29, 0.717) is 6.04 Å². The molecule has 0 aromatic heterocycles. The SMILES string of the molecule is CCCCC(CC)(CN)N1CCC(C)CC1C. The summed E-state index contributed by atoms with van der Waals surface area (Å²) >= 11 is 0. The molecule has 1 heterocycles. The van der Waals surface area contributed by atoms with Gasteiger partial charge in [-0.25, -0.2) is 0 Å². The number of nitrogens with two attached hydrogens (primary N) is 1. The first-order valence-corrected chi connectivity index (χ1v) is 7.56. The van der Waals surface area contributed by atoms with Crippen molar-refractivity contribution in [3.8, 4) is 0 Å². The Balaban J connectivity index is 2.74. The van der Waals surface area contributed by atoms with Crippen LogP contribution in [0.3, 0.4) is 0 Å². The van der Waals surface area contributed by atoms with E-state index in [9.17, 15) is 0 Å². The lowest BCUT2D eigenvalue weighted by molar-refractivity contribution is 0.00510. The zero-order chi connectivity index (χ0) is 12.9. The highest BCUT2D eigenvalue weighted by molar-refractivity contribution is 4.95. The van der Waals surface area contributed by atoms with Crippen LogP contribution in [0.25, 0.3) is 0 Å². The number of nitrogens with zero attached hydrogens (tertiary/aromatic N) is 1. The maximum Gasteiger partial charge on any atom is 0.0331 e. The van der Waals surface area contributed by atoms with Crippen LogP contribution < -0.4 is 5.73 Å². The van der Waals surface area contributed by atoms with Crippen LogP contribution in [0.1, 0.15) is 66.2 Å². The minimum absolute atomic E-state index is 0.273. The molecular weight excluding hydrogens is 208 g/mol. The van der Waals surface area contributed by atoms with Crippen LogP contribution in [0.4, 0.5) is 0 Å². The number of hydrogen-bond acceptors (Lipinski definition) is 2. The molecule has 0 aromatic rings. The van der Waals surface area contributed by atoms with Gasteiger partial charge in [-0.05, 0) is 45.1 Å². The smallest absolute Gasteiger partial charge is 0.0331 e. The average molecular weight is 240 g/mol. The van der Waals surface area contributed by atoms with Crippen LogP contribution in [0, 0.1) is 5.92 Å². The zero-order valence-electron chi connectivity index (χ0n) is 12.3. The summed E-state index contributed by atoms with van der Waals surface area (Å²) in [5, 5.41) is 0. The van der Waals surface area contributed by atoms with E-state index in [-0.39, 0.29) is 5.54 Å². The van der Waals surface area contributed by atoms with Crippen LogP contribution in [0.2, 0.25) is 0 Å². The molecule has 1 aliphatic heterocycles. The molecule has 3 unspecified atom stereocenters. The number of piperidine rings is 1. The van der Waals surface area contributed by atoms with Crippen LogP contribution >= 0.6 is 0 Å². The Bertz CT molecular complexity index is 211. The lowest BCUT2D eigenvalue weighted by atomic mass is 9.82. The van der Waals surface area contributed by atoms with Gasteiger partial charge in [0.1, 0.15) is 0 Å². The third kappa shape index (κ3) is 3.45. The second-order valence-electron chi connectivity index (χ2n) is 6.06. The number of hydrogen-bond donors (Lipinski definition) is 1. The van der Waals surface area contributed by atoms with Crippen LogP contribution in [-0.2, 0) is 0 Å². The minimum Gasteiger partial charge on any atom is -0.329 e. The third-order valence-corrected chi connectivity index (χ3v) is 4.78. The van der Waals surface area contributed by atoms with Gasteiger partial charge in [0.2, 0.25) is 0 Å². The predicted molar refractivity (Wildman–Crippen MR) is 76.2 cm³/mol. The summed E-state index contributed by atoms with van der Waals surface area (Å²) in [4.78, 5) is 2.72. The van der Waals surface area contributed by atoms with Gasteiger partial charge in [-0.3, -0.25) is 4.90 Å². The van der Waals surface area contributed by atoms with E-state index in [1.807, 2.05) is 0 Å². The fraction of sp³-hybridized carbons (Fsp3) is 1.00. The molecule has 0 saturated carbocycles. The van der Waals surface area contributed by atoms with Gasteiger partial charge in [0.25, 0.3) is 0 Å². The molecule has 2 nitrogen and oxygen atoms in total. The molecule has 0 aliphatic carbocycles. The summed E-state index contributed by atoms with van der Waals surface area (Å²) in [5.74, 6) is 0.889. The first-order chi connectivity index (χ1) is 8.09. The highest BCUT2D eigenvalue weighted by atomic mass is 15.2. The van der Waals surface area contributed by atoms with Crippen LogP contribution in [0.15, 0.2) is 0 Å². The van der Waals surface area contributed by atoms with Gasteiger partial charge < -0.3 is 5.73 Å². The van der Waals surface area contributed by atoms with Crippen molar-refractivity contribution >= 4 is 0 Å². The molecule has 2 N–H and O–H groups in total. The van der Waals surface area contributed by atoms with Crippen molar-refractivity contribution in [1.82, 2.24) is 4.90 Å². The molecular formula is C15H32N2. The summed E-state index contributed by atoms with van der Waals surface area (Å²) in [6.07, 6.45) is 7.74. The molecule has 1 saturated heterocycles. The van der Waals surface area contributed by atoms with Crippen molar-refractivity contribution in [2.75, 3.05) is 13.1 Å². The standard InChI is InChI=1S/C15H32N2/c1-5-7-9-15(6-2,12-16)17-10-8-13(3)11-14(17)4/h13-14H,5-12,16H2,1-4H3. The Hall–Kier alpha value is -0.0800.